The molecule has 2 aliphatic heterocycles. The Balaban J connectivity index is 1.54. The molecule has 0 radical (unpaired) electrons. The maximum absolute atomic E-state index is 12.0. The molecule has 3 heterocycles. The van der Waals surface area contributed by atoms with Crippen LogP contribution in [0.1, 0.15) is 44.8 Å². The van der Waals surface area contributed by atoms with E-state index < -0.39 is 0 Å². The molecule has 1 fully saturated rings. The Kier molecular flexibility index (Phi) is 4.66. The first-order valence-electron chi connectivity index (χ1n) is 8.44. The number of nitrogens with one attached hydrogen (secondary N) is 1. The van der Waals surface area contributed by atoms with Crippen molar-refractivity contribution < 1.29 is 4.79 Å². The Hall–Kier alpha value is -1.56. The number of fused-ring (bicyclic) bond motifs is 1. The number of urea groups is 1. The molecule has 0 spiro atoms. The van der Waals surface area contributed by atoms with Gasteiger partial charge < -0.3 is 10.2 Å². The maximum Gasteiger partial charge on any atom is 0.317 e. The molecule has 122 valence electrons. The molecule has 0 bridgehead atoms. The van der Waals surface area contributed by atoms with E-state index in [-0.39, 0.29) is 6.03 Å². The second kappa shape index (κ2) is 6.69. The third-order valence-corrected chi connectivity index (χ3v) is 4.79. The lowest BCUT2D eigenvalue weighted by atomic mass is 10.1. The van der Waals surface area contributed by atoms with E-state index in [1.54, 1.807) is 0 Å². The molecule has 22 heavy (non-hydrogen) atoms. The molecule has 3 rings (SSSR count). The summed E-state index contributed by atoms with van der Waals surface area (Å²) in [7, 11) is 0. The van der Waals surface area contributed by atoms with Gasteiger partial charge in [0.05, 0.1) is 11.7 Å². The second-order valence-electron chi connectivity index (χ2n) is 6.66. The van der Waals surface area contributed by atoms with Crippen LogP contribution < -0.4 is 5.32 Å². The predicted octanol–water partition coefficient (Wildman–Crippen LogP) is 1.84. The molecular weight excluding hydrogens is 278 g/mol. The third-order valence-electron chi connectivity index (χ3n) is 4.79. The first-order valence-corrected chi connectivity index (χ1v) is 8.44. The van der Waals surface area contributed by atoms with E-state index >= 15 is 0 Å². The summed E-state index contributed by atoms with van der Waals surface area (Å²) in [5, 5.41) is 7.54. The number of likely N-dealkylation sites (tertiary alicyclic amines) is 1. The van der Waals surface area contributed by atoms with Gasteiger partial charge in [0, 0.05) is 45.0 Å². The highest BCUT2D eigenvalue weighted by molar-refractivity contribution is 5.74. The van der Waals surface area contributed by atoms with Crippen LogP contribution in [0.25, 0.3) is 0 Å². The highest BCUT2D eigenvalue weighted by Gasteiger charge is 2.27. The van der Waals surface area contributed by atoms with Gasteiger partial charge in [0.15, 0.2) is 0 Å². The van der Waals surface area contributed by atoms with Crippen LogP contribution in [0.15, 0.2) is 12.3 Å². The van der Waals surface area contributed by atoms with Gasteiger partial charge in [-0.1, -0.05) is 0 Å². The fraction of sp³-hybridized carbons (Fsp3) is 0.750. The number of rotatable bonds is 4. The van der Waals surface area contributed by atoms with E-state index in [0.29, 0.717) is 18.6 Å². The number of carbonyl (C=O) groups excluding carboxylic acids is 1. The van der Waals surface area contributed by atoms with Crippen molar-refractivity contribution in [3.05, 3.63) is 18.0 Å². The summed E-state index contributed by atoms with van der Waals surface area (Å²) >= 11 is 0. The van der Waals surface area contributed by atoms with Gasteiger partial charge in [-0.05, 0) is 39.2 Å². The largest absolute Gasteiger partial charge is 0.338 e. The molecule has 0 unspecified atom stereocenters. The number of amides is 2. The summed E-state index contributed by atoms with van der Waals surface area (Å²) < 4.78 is 2.14. The molecule has 1 atom stereocenters. The van der Waals surface area contributed by atoms with Gasteiger partial charge in [-0.15, -0.1) is 0 Å². The Labute approximate surface area is 132 Å². The number of aromatic nitrogens is 2. The lowest BCUT2D eigenvalue weighted by Gasteiger charge is -2.36. The van der Waals surface area contributed by atoms with Crippen molar-refractivity contribution in [3.8, 4) is 0 Å². The van der Waals surface area contributed by atoms with E-state index in [9.17, 15) is 4.79 Å². The average molecular weight is 305 g/mol. The molecule has 0 saturated carbocycles. The second-order valence-corrected chi connectivity index (χ2v) is 6.66. The molecular formula is C16H27N5O. The summed E-state index contributed by atoms with van der Waals surface area (Å²) in [6.45, 7) is 8.96. The van der Waals surface area contributed by atoms with Gasteiger partial charge in [-0.2, -0.15) is 5.10 Å². The quantitative estimate of drug-likeness (QED) is 0.923. The minimum atomic E-state index is 0.0923. The minimum Gasteiger partial charge on any atom is -0.338 e. The lowest BCUT2D eigenvalue weighted by Crippen LogP contribution is -2.43. The molecule has 1 N–H and O–H groups in total. The van der Waals surface area contributed by atoms with Crippen LogP contribution in [0.5, 0.6) is 0 Å². The van der Waals surface area contributed by atoms with Gasteiger partial charge in [-0.25, -0.2) is 4.79 Å². The SMILES string of the molecule is CC(C)N1Cc2ccnn2[C@H](CCNC(=O)N2CCCC2)C1. The van der Waals surface area contributed by atoms with Crippen molar-refractivity contribution in [2.75, 3.05) is 26.2 Å². The zero-order chi connectivity index (χ0) is 15.5. The number of hydrogen-bond donors (Lipinski definition) is 1. The monoisotopic (exact) mass is 305 g/mol. The van der Waals surface area contributed by atoms with Crippen molar-refractivity contribution in [2.45, 2.75) is 51.7 Å². The third kappa shape index (κ3) is 3.27. The highest BCUT2D eigenvalue weighted by Crippen LogP contribution is 2.24. The van der Waals surface area contributed by atoms with Crippen molar-refractivity contribution in [1.29, 1.82) is 0 Å². The maximum atomic E-state index is 12.0. The van der Waals surface area contributed by atoms with Gasteiger partial charge in [-0.3, -0.25) is 9.58 Å². The van der Waals surface area contributed by atoms with Crippen LogP contribution in [-0.4, -0.2) is 57.8 Å². The smallest absolute Gasteiger partial charge is 0.317 e. The first kappa shape index (κ1) is 15.3. The average Bonchev–Trinajstić information content (AvgIpc) is 3.18. The Morgan fingerprint density at radius 2 is 2.18 bits per heavy atom. The topological polar surface area (TPSA) is 53.4 Å². The summed E-state index contributed by atoms with van der Waals surface area (Å²) in [5.41, 5.74) is 1.27. The highest BCUT2D eigenvalue weighted by atomic mass is 16.2. The van der Waals surface area contributed by atoms with Crippen LogP contribution >= 0.6 is 0 Å². The van der Waals surface area contributed by atoms with E-state index in [1.807, 2.05) is 11.1 Å². The zero-order valence-corrected chi connectivity index (χ0v) is 13.7. The van der Waals surface area contributed by atoms with E-state index in [1.165, 1.54) is 5.69 Å². The van der Waals surface area contributed by atoms with E-state index in [4.69, 9.17) is 0 Å². The van der Waals surface area contributed by atoms with E-state index in [2.05, 4.69) is 39.9 Å². The van der Waals surface area contributed by atoms with Crippen molar-refractivity contribution >= 4 is 6.03 Å². The number of nitrogens with zero attached hydrogens (tertiary/aromatic N) is 4. The van der Waals surface area contributed by atoms with Crippen molar-refractivity contribution in [1.82, 2.24) is 24.9 Å². The predicted molar refractivity (Wildman–Crippen MR) is 85.6 cm³/mol. The zero-order valence-electron chi connectivity index (χ0n) is 13.7. The molecule has 1 aromatic heterocycles. The molecule has 0 aromatic carbocycles. The van der Waals surface area contributed by atoms with Gasteiger partial charge >= 0.3 is 6.03 Å². The summed E-state index contributed by atoms with van der Waals surface area (Å²) in [6, 6.07) is 3.07. The summed E-state index contributed by atoms with van der Waals surface area (Å²) in [5.74, 6) is 0. The Morgan fingerprint density at radius 3 is 2.91 bits per heavy atom. The van der Waals surface area contributed by atoms with Crippen LogP contribution in [0.3, 0.4) is 0 Å². The lowest BCUT2D eigenvalue weighted by molar-refractivity contribution is 0.134. The minimum absolute atomic E-state index is 0.0923. The molecule has 1 saturated heterocycles. The molecule has 6 heteroatoms. The standard InChI is InChI=1S/C16H27N5O/c1-13(2)20-11-14(21-15(12-20)6-8-18-21)5-7-17-16(22)19-9-3-4-10-19/h6,8,13-14H,3-5,7,9-12H2,1-2H3,(H,17,22)/t14-/m1/s1. The molecule has 0 aliphatic carbocycles. The van der Waals surface area contributed by atoms with Crippen LogP contribution in [0.4, 0.5) is 4.79 Å². The summed E-state index contributed by atoms with van der Waals surface area (Å²) in [6.07, 6.45) is 5.08. The van der Waals surface area contributed by atoms with Gasteiger partial charge in [0.1, 0.15) is 0 Å². The number of hydrogen-bond acceptors (Lipinski definition) is 3. The van der Waals surface area contributed by atoms with Crippen LogP contribution in [0.2, 0.25) is 0 Å². The number of carbonyl (C=O) groups is 1. The fourth-order valence-corrected chi connectivity index (χ4v) is 3.40. The van der Waals surface area contributed by atoms with E-state index in [0.717, 1.165) is 45.4 Å². The molecule has 1 aromatic rings. The Morgan fingerprint density at radius 1 is 1.41 bits per heavy atom. The van der Waals surface area contributed by atoms with Gasteiger partial charge in [0.2, 0.25) is 0 Å². The van der Waals surface area contributed by atoms with Crippen molar-refractivity contribution in [2.24, 2.45) is 0 Å². The van der Waals surface area contributed by atoms with Crippen LogP contribution in [0, 0.1) is 0 Å². The Bertz CT molecular complexity index is 506. The molecule has 2 amide bonds. The van der Waals surface area contributed by atoms with Crippen LogP contribution in [-0.2, 0) is 6.54 Å². The molecule has 6 nitrogen and oxygen atoms in total. The van der Waals surface area contributed by atoms with Gasteiger partial charge in [0.25, 0.3) is 0 Å². The normalized spacial score (nSPS) is 22.1. The molecule has 2 aliphatic rings. The summed E-state index contributed by atoms with van der Waals surface area (Å²) in [4.78, 5) is 16.4. The fourth-order valence-electron chi connectivity index (χ4n) is 3.40. The first-order chi connectivity index (χ1) is 10.6. The van der Waals surface area contributed by atoms with Crippen molar-refractivity contribution in [3.63, 3.8) is 0 Å².